The maximum Gasteiger partial charge on any atom is 0.328 e. The molecular formula is C22H24FN3O7. The lowest BCUT2D eigenvalue weighted by atomic mass is 10.0. The number of nitro groups is 1. The van der Waals surface area contributed by atoms with Crippen LogP contribution >= 0.6 is 0 Å². The van der Waals surface area contributed by atoms with Crippen LogP contribution in [0.25, 0.3) is 0 Å². The number of benzene rings is 2. The number of carbonyl (C=O) groups excluding carboxylic acids is 3. The number of ether oxygens (including phenoxy) is 2. The highest BCUT2D eigenvalue weighted by atomic mass is 19.1. The van der Waals surface area contributed by atoms with Crippen LogP contribution < -0.4 is 15.4 Å². The summed E-state index contributed by atoms with van der Waals surface area (Å²) in [7, 11) is 2.48. The molecule has 0 aromatic heterocycles. The van der Waals surface area contributed by atoms with E-state index in [0.29, 0.717) is 0 Å². The quantitative estimate of drug-likeness (QED) is 0.312. The molecule has 0 saturated carbocycles. The van der Waals surface area contributed by atoms with E-state index in [0.717, 1.165) is 7.11 Å². The van der Waals surface area contributed by atoms with Gasteiger partial charge in [0.25, 0.3) is 5.69 Å². The molecule has 0 radical (unpaired) electrons. The minimum atomic E-state index is -1.25. The monoisotopic (exact) mass is 461 g/mol. The molecule has 0 bridgehead atoms. The number of carbonyl (C=O) groups is 3. The molecule has 0 aliphatic rings. The van der Waals surface area contributed by atoms with Crippen molar-refractivity contribution in [2.45, 2.75) is 31.8 Å². The highest BCUT2D eigenvalue weighted by Gasteiger charge is 2.29. The van der Waals surface area contributed by atoms with E-state index in [1.807, 2.05) is 0 Å². The van der Waals surface area contributed by atoms with Crippen molar-refractivity contribution in [3.8, 4) is 5.75 Å². The molecule has 0 saturated heterocycles. The summed E-state index contributed by atoms with van der Waals surface area (Å²) in [6.07, 6.45) is -0.345. The van der Waals surface area contributed by atoms with Crippen LogP contribution in [-0.2, 0) is 32.0 Å². The van der Waals surface area contributed by atoms with Gasteiger partial charge in [0.15, 0.2) is 0 Å². The molecule has 2 aromatic rings. The van der Waals surface area contributed by atoms with Crippen molar-refractivity contribution >= 4 is 23.5 Å². The summed E-state index contributed by atoms with van der Waals surface area (Å²) in [5, 5.41) is 16.1. The van der Waals surface area contributed by atoms with Gasteiger partial charge >= 0.3 is 5.97 Å². The summed E-state index contributed by atoms with van der Waals surface area (Å²) in [6, 6.07) is 7.20. The number of hydrogen-bond acceptors (Lipinski definition) is 7. The van der Waals surface area contributed by atoms with Crippen molar-refractivity contribution in [2.75, 3.05) is 14.2 Å². The topological polar surface area (TPSA) is 137 Å². The van der Waals surface area contributed by atoms with Crippen LogP contribution in [0.3, 0.4) is 0 Å². The van der Waals surface area contributed by atoms with E-state index in [-0.39, 0.29) is 35.4 Å². The van der Waals surface area contributed by atoms with Gasteiger partial charge in [0, 0.05) is 37.5 Å². The molecule has 2 rings (SSSR count). The van der Waals surface area contributed by atoms with Crippen LogP contribution in [0.4, 0.5) is 10.1 Å². The molecule has 2 amide bonds. The van der Waals surface area contributed by atoms with E-state index in [1.165, 1.54) is 50.4 Å². The lowest BCUT2D eigenvalue weighted by molar-refractivity contribution is -0.384. The largest absolute Gasteiger partial charge is 0.496 e. The van der Waals surface area contributed by atoms with E-state index in [2.05, 4.69) is 10.6 Å². The molecule has 0 fully saturated rings. The van der Waals surface area contributed by atoms with Gasteiger partial charge in [-0.05, 0) is 17.7 Å². The first kappa shape index (κ1) is 25.2. The van der Waals surface area contributed by atoms with E-state index in [1.54, 1.807) is 6.07 Å². The summed E-state index contributed by atoms with van der Waals surface area (Å²) in [6.45, 7) is 1.20. The van der Waals surface area contributed by atoms with Crippen molar-refractivity contribution in [1.82, 2.24) is 10.6 Å². The zero-order valence-corrected chi connectivity index (χ0v) is 18.3. The molecule has 2 N–H and O–H groups in total. The summed E-state index contributed by atoms with van der Waals surface area (Å²) < 4.78 is 24.0. The lowest BCUT2D eigenvalue weighted by Gasteiger charge is -2.22. The minimum Gasteiger partial charge on any atom is -0.496 e. The zero-order chi connectivity index (χ0) is 24.5. The molecule has 0 unspecified atom stereocenters. The highest BCUT2D eigenvalue weighted by Crippen LogP contribution is 2.25. The smallest absolute Gasteiger partial charge is 0.328 e. The van der Waals surface area contributed by atoms with Crippen molar-refractivity contribution in [2.24, 2.45) is 0 Å². The number of nitrogens with one attached hydrogen (secondary N) is 2. The first-order valence-corrected chi connectivity index (χ1v) is 9.86. The van der Waals surface area contributed by atoms with Crippen LogP contribution in [0.2, 0.25) is 0 Å². The first-order valence-electron chi connectivity index (χ1n) is 9.86. The fourth-order valence-corrected chi connectivity index (χ4v) is 3.20. The number of rotatable bonds is 10. The Morgan fingerprint density at radius 2 is 1.70 bits per heavy atom. The van der Waals surface area contributed by atoms with Crippen molar-refractivity contribution < 1.29 is 33.2 Å². The second-order valence-corrected chi connectivity index (χ2v) is 7.09. The Kier molecular flexibility index (Phi) is 8.84. The molecule has 33 heavy (non-hydrogen) atoms. The maximum absolute atomic E-state index is 14.1. The van der Waals surface area contributed by atoms with Gasteiger partial charge in [-0.25, -0.2) is 9.18 Å². The zero-order valence-electron chi connectivity index (χ0n) is 18.3. The van der Waals surface area contributed by atoms with Crippen LogP contribution in [0.15, 0.2) is 42.5 Å². The molecule has 0 spiro atoms. The van der Waals surface area contributed by atoms with E-state index in [9.17, 15) is 28.9 Å². The van der Waals surface area contributed by atoms with Crippen LogP contribution in [0.5, 0.6) is 5.75 Å². The normalized spacial score (nSPS) is 12.2. The Balaban J connectivity index is 2.30. The van der Waals surface area contributed by atoms with Gasteiger partial charge < -0.3 is 20.1 Å². The van der Waals surface area contributed by atoms with Gasteiger partial charge in [0.1, 0.15) is 23.7 Å². The van der Waals surface area contributed by atoms with Gasteiger partial charge in [0.05, 0.1) is 19.1 Å². The van der Waals surface area contributed by atoms with Crippen molar-refractivity contribution in [3.05, 3.63) is 69.5 Å². The minimum absolute atomic E-state index is 0.161. The maximum atomic E-state index is 14.1. The Hall–Kier alpha value is -4.02. The average Bonchev–Trinajstić information content (AvgIpc) is 2.78. The Bertz CT molecular complexity index is 1040. The van der Waals surface area contributed by atoms with Gasteiger partial charge in [-0.1, -0.05) is 18.2 Å². The fraction of sp³-hybridized carbons (Fsp3) is 0.318. The molecule has 0 aliphatic heterocycles. The molecule has 10 nitrogen and oxygen atoms in total. The number of hydrogen-bond donors (Lipinski definition) is 2. The average molecular weight is 461 g/mol. The Morgan fingerprint density at radius 3 is 2.27 bits per heavy atom. The molecule has 2 aromatic carbocycles. The molecule has 176 valence electrons. The lowest BCUT2D eigenvalue weighted by Crippen LogP contribution is -2.53. The second-order valence-electron chi connectivity index (χ2n) is 7.09. The summed E-state index contributed by atoms with van der Waals surface area (Å²) >= 11 is 0. The number of esters is 1. The Labute approximate surface area is 189 Å². The number of nitro benzene ring substituents is 1. The van der Waals surface area contributed by atoms with Crippen molar-refractivity contribution in [3.63, 3.8) is 0 Å². The molecule has 0 aliphatic carbocycles. The predicted octanol–water partition coefficient (Wildman–Crippen LogP) is 1.69. The predicted molar refractivity (Wildman–Crippen MR) is 115 cm³/mol. The number of halogens is 1. The highest BCUT2D eigenvalue weighted by molar-refractivity contribution is 5.90. The molecule has 11 heteroatoms. The number of methoxy groups -OCH3 is 2. The molecule has 0 heterocycles. The number of nitrogens with zero attached hydrogens (tertiary/aromatic N) is 1. The van der Waals surface area contributed by atoms with E-state index in [4.69, 9.17) is 9.47 Å². The van der Waals surface area contributed by atoms with E-state index < -0.39 is 40.6 Å². The third kappa shape index (κ3) is 6.99. The van der Waals surface area contributed by atoms with Gasteiger partial charge in [-0.3, -0.25) is 19.7 Å². The standard InChI is InChI=1S/C22H24FN3O7/c1-13(27)24-18(11-14-6-4-5-7-17(14)23)21(28)25-19(22(29)33-3)12-15-10-16(26(30)31)8-9-20(15)32-2/h4-10,18-19H,11-12H2,1-3H3,(H,24,27)(H,25,28)/t18-,19+/m0/s1. The van der Waals surface area contributed by atoms with Crippen molar-refractivity contribution in [1.29, 1.82) is 0 Å². The third-order valence-electron chi connectivity index (χ3n) is 4.78. The molecule has 2 atom stereocenters. The van der Waals surface area contributed by atoms with Gasteiger partial charge in [0.2, 0.25) is 11.8 Å². The summed E-state index contributed by atoms with van der Waals surface area (Å²) in [5.41, 5.74) is 0.255. The summed E-state index contributed by atoms with van der Waals surface area (Å²) in [5.74, 6) is -2.38. The van der Waals surface area contributed by atoms with Crippen LogP contribution in [-0.4, -0.2) is 49.0 Å². The SMILES string of the molecule is COC(=O)[C@@H](Cc1cc([N+](=O)[O-])ccc1OC)NC(=O)[C@H](Cc1ccccc1F)NC(C)=O. The van der Waals surface area contributed by atoms with Crippen LogP contribution in [0, 0.1) is 15.9 Å². The first-order chi connectivity index (χ1) is 15.7. The number of amides is 2. The number of non-ortho nitro benzene ring substituents is 1. The third-order valence-corrected chi connectivity index (χ3v) is 4.78. The van der Waals surface area contributed by atoms with E-state index >= 15 is 0 Å². The fourth-order valence-electron chi connectivity index (χ4n) is 3.20. The summed E-state index contributed by atoms with van der Waals surface area (Å²) in [4.78, 5) is 47.5. The van der Waals surface area contributed by atoms with Crippen LogP contribution in [0.1, 0.15) is 18.1 Å². The molecular weight excluding hydrogens is 437 g/mol. The second kappa shape index (κ2) is 11.6. The van der Waals surface area contributed by atoms with Gasteiger partial charge in [-0.15, -0.1) is 0 Å². The Morgan fingerprint density at radius 1 is 1.03 bits per heavy atom. The van der Waals surface area contributed by atoms with Gasteiger partial charge in [-0.2, -0.15) is 0 Å².